The molecule has 12 heavy (non-hydrogen) atoms. The zero-order chi connectivity index (χ0) is 9.14. The van der Waals surface area contributed by atoms with Crippen molar-refractivity contribution in [3.8, 4) is 0 Å². The molecule has 0 atom stereocenters. The molecule has 2 heteroatoms. The van der Waals surface area contributed by atoms with Gasteiger partial charge in [0.25, 0.3) is 0 Å². The van der Waals surface area contributed by atoms with Crippen LogP contribution in [0.2, 0.25) is 0 Å². The van der Waals surface area contributed by atoms with Crippen LogP contribution in [0.5, 0.6) is 0 Å². The maximum absolute atomic E-state index is 12.9. The van der Waals surface area contributed by atoms with E-state index in [2.05, 4.69) is 0 Å². The molecule has 0 aliphatic rings. The van der Waals surface area contributed by atoms with Crippen molar-refractivity contribution in [1.82, 2.24) is 0 Å². The number of hydrogen-bond acceptors (Lipinski definition) is 1. The molecule has 0 heterocycles. The Hall–Kier alpha value is -1.18. The highest BCUT2D eigenvalue weighted by Crippen LogP contribution is 2.15. The number of halogens is 1. The molecule has 64 valence electrons. The van der Waals surface area contributed by atoms with Crippen molar-refractivity contribution < 1.29 is 9.18 Å². The lowest BCUT2D eigenvalue weighted by Gasteiger charge is -2.05. The zero-order valence-corrected chi connectivity index (χ0v) is 7.23. The summed E-state index contributed by atoms with van der Waals surface area (Å²) in [6.45, 7) is 3.75. The minimum absolute atomic E-state index is 0.189. The van der Waals surface area contributed by atoms with Crippen LogP contribution in [0.3, 0.4) is 0 Å². The highest BCUT2D eigenvalue weighted by molar-refractivity contribution is 5.78. The maximum Gasteiger partial charge on any atom is 0.153 e. The van der Waals surface area contributed by atoms with Gasteiger partial charge in [0.1, 0.15) is 5.82 Å². The van der Waals surface area contributed by atoms with Gasteiger partial charge in [0.05, 0.1) is 5.56 Å². The van der Waals surface area contributed by atoms with E-state index in [1.54, 1.807) is 13.0 Å². The van der Waals surface area contributed by atoms with Crippen molar-refractivity contribution in [3.63, 3.8) is 0 Å². The zero-order valence-electron chi connectivity index (χ0n) is 7.23. The van der Waals surface area contributed by atoms with Gasteiger partial charge in [-0.25, -0.2) is 4.39 Å². The Bertz CT molecular complexity index is 305. The van der Waals surface area contributed by atoms with Gasteiger partial charge in [0.2, 0.25) is 0 Å². The lowest BCUT2D eigenvalue weighted by atomic mass is 10.0. The molecule has 0 aromatic heterocycles. The smallest absolute Gasteiger partial charge is 0.153 e. The van der Waals surface area contributed by atoms with E-state index >= 15 is 0 Å². The quantitative estimate of drug-likeness (QED) is 0.617. The molecule has 1 aromatic rings. The highest BCUT2D eigenvalue weighted by atomic mass is 19.1. The first-order chi connectivity index (χ1) is 5.70. The van der Waals surface area contributed by atoms with Gasteiger partial charge in [-0.2, -0.15) is 0 Å². The van der Waals surface area contributed by atoms with Crippen LogP contribution in [-0.2, 0) is 6.42 Å². The lowest BCUT2D eigenvalue weighted by molar-refractivity contribution is 0.111. The van der Waals surface area contributed by atoms with Crippen molar-refractivity contribution in [2.24, 2.45) is 0 Å². The second kappa shape index (κ2) is 3.48. The molecule has 0 amide bonds. The van der Waals surface area contributed by atoms with Crippen LogP contribution in [0.1, 0.15) is 28.4 Å². The summed E-state index contributed by atoms with van der Waals surface area (Å²) in [6.07, 6.45) is 1.40. The van der Waals surface area contributed by atoms with Gasteiger partial charge in [0.15, 0.2) is 6.29 Å². The number of hydrogen-bond donors (Lipinski definition) is 0. The first-order valence-electron chi connectivity index (χ1n) is 3.93. The summed E-state index contributed by atoms with van der Waals surface area (Å²) < 4.78 is 12.9. The standard InChI is InChI=1S/C10H11FO/c1-3-8-4-5-10(11)9(6-12)7(8)2/h4-6H,3H2,1-2H3. The van der Waals surface area contributed by atoms with Gasteiger partial charge in [-0.15, -0.1) is 0 Å². The number of carbonyl (C=O) groups is 1. The van der Waals surface area contributed by atoms with Gasteiger partial charge in [0, 0.05) is 0 Å². The number of benzene rings is 1. The summed E-state index contributed by atoms with van der Waals surface area (Å²) in [5.41, 5.74) is 1.97. The molecule has 0 saturated carbocycles. The van der Waals surface area contributed by atoms with Crippen LogP contribution in [0.4, 0.5) is 4.39 Å². The van der Waals surface area contributed by atoms with Crippen molar-refractivity contribution in [2.75, 3.05) is 0 Å². The largest absolute Gasteiger partial charge is 0.298 e. The molecule has 0 aliphatic carbocycles. The Labute approximate surface area is 71.2 Å². The van der Waals surface area contributed by atoms with Crippen LogP contribution in [0.25, 0.3) is 0 Å². The van der Waals surface area contributed by atoms with Crippen molar-refractivity contribution in [2.45, 2.75) is 20.3 Å². The van der Waals surface area contributed by atoms with Crippen molar-refractivity contribution >= 4 is 6.29 Å². The summed E-state index contributed by atoms with van der Waals surface area (Å²) in [4.78, 5) is 10.5. The third-order valence-electron chi connectivity index (χ3n) is 2.07. The highest BCUT2D eigenvalue weighted by Gasteiger charge is 2.06. The minimum Gasteiger partial charge on any atom is -0.298 e. The molecule has 0 aliphatic heterocycles. The molecule has 0 radical (unpaired) electrons. The second-order valence-corrected chi connectivity index (χ2v) is 2.72. The SMILES string of the molecule is CCc1ccc(F)c(C=O)c1C. The van der Waals surface area contributed by atoms with Crippen LogP contribution < -0.4 is 0 Å². The monoisotopic (exact) mass is 166 g/mol. The van der Waals surface area contributed by atoms with Crippen molar-refractivity contribution in [1.29, 1.82) is 0 Å². The van der Waals surface area contributed by atoms with Gasteiger partial charge in [-0.05, 0) is 30.5 Å². The number of aldehydes is 1. The van der Waals surface area contributed by atoms with E-state index in [0.717, 1.165) is 17.5 Å². The molecule has 0 saturated heterocycles. The Balaban J connectivity index is 3.33. The fraction of sp³-hybridized carbons (Fsp3) is 0.300. The summed E-state index contributed by atoms with van der Waals surface area (Å²) in [5, 5.41) is 0. The fourth-order valence-corrected chi connectivity index (χ4v) is 1.27. The lowest BCUT2D eigenvalue weighted by Crippen LogP contribution is -1.96. The topological polar surface area (TPSA) is 17.1 Å². The predicted octanol–water partition coefficient (Wildman–Crippen LogP) is 2.51. The Kier molecular flexibility index (Phi) is 2.58. The van der Waals surface area contributed by atoms with Crippen LogP contribution >= 0.6 is 0 Å². The van der Waals surface area contributed by atoms with E-state index in [4.69, 9.17) is 0 Å². The van der Waals surface area contributed by atoms with Crippen LogP contribution in [-0.4, -0.2) is 6.29 Å². The predicted molar refractivity (Wildman–Crippen MR) is 45.9 cm³/mol. The third-order valence-corrected chi connectivity index (χ3v) is 2.07. The second-order valence-electron chi connectivity index (χ2n) is 2.72. The van der Waals surface area contributed by atoms with Gasteiger partial charge < -0.3 is 0 Å². The molecule has 1 rings (SSSR count). The van der Waals surface area contributed by atoms with E-state index in [-0.39, 0.29) is 5.56 Å². The van der Waals surface area contributed by atoms with Crippen LogP contribution in [0.15, 0.2) is 12.1 Å². The van der Waals surface area contributed by atoms with Gasteiger partial charge in [-0.3, -0.25) is 4.79 Å². The van der Waals surface area contributed by atoms with E-state index < -0.39 is 5.82 Å². The molecule has 1 aromatic carbocycles. The van der Waals surface area contributed by atoms with Crippen LogP contribution in [0, 0.1) is 12.7 Å². The Morgan fingerprint density at radius 3 is 2.67 bits per heavy atom. The molecular formula is C10H11FO. The summed E-state index contributed by atoms with van der Waals surface area (Å²) >= 11 is 0. The summed E-state index contributed by atoms with van der Waals surface area (Å²) in [5.74, 6) is -0.431. The Morgan fingerprint density at radius 2 is 2.17 bits per heavy atom. The average molecular weight is 166 g/mol. The molecule has 0 N–H and O–H groups in total. The number of carbonyl (C=O) groups excluding carboxylic acids is 1. The Morgan fingerprint density at radius 1 is 1.50 bits per heavy atom. The fourth-order valence-electron chi connectivity index (χ4n) is 1.27. The third kappa shape index (κ3) is 1.37. The molecule has 0 bridgehead atoms. The van der Waals surface area contributed by atoms with E-state index in [9.17, 15) is 9.18 Å². The van der Waals surface area contributed by atoms with E-state index in [0.29, 0.717) is 6.29 Å². The molecule has 0 spiro atoms. The van der Waals surface area contributed by atoms with Crippen molar-refractivity contribution in [3.05, 3.63) is 34.6 Å². The molecule has 1 nitrogen and oxygen atoms in total. The van der Waals surface area contributed by atoms with Gasteiger partial charge in [-0.1, -0.05) is 13.0 Å². The molecule has 0 unspecified atom stereocenters. The number of rotatable bonds is 2. The first kappa shape index (κ1) is 8.91. The summed E-state index contributed by atoms with van der Waals surface area (Å²) in [7, 11) is 0. The normalized spacial score (nSPS) is 9.92. The van der Waals surface area contributed by atoms with Gasteiger partial charge >= 0.3 is 0 Å². The van der Waals surface area contributed by atoms with E-state index in [1.807, 2.05) is 6.92 Å². The number of aryl methyl sites for hydroxylation is 1. The molecule has 0 fully saturated rings. The van der Waals surface area contributed by atoms with E-state index in [1.165, 1.54) is 6.07 Å². The average Bonchev–Trinajstić information content (AvgIpc) is 2.06. The first-order valence-corrected chi connectivity index (χ1v) is 3.93. The summed E-state index contributed by atoms with van der Waals surface area (Å²) in [6, 6.07) is 3.06. The molecular weight excluding hydrogens is 155 g/mol. The maximum atomic E-state index is 12.9. The minimum atomic E-state index is -0.431.